The van der Waals surface area contributed by atoms with Crippen LogP contribution in [0.3, 0.4) is 0 Å². The van der Waals surface area contributed by atoms with Gasteiger partial charge < -0.3 is 25.4 Å². The van der Waals surface area contributed by atoms with E-state index in [9.17, 15) is 19.5 Å². The van der Waals surface area contributed by atoms with Crippen LogP contribution in [0.4, 0.5) is 10.5 Å². The maximum atomic E-state index is 14.0. The second-order valence-corrected chi connectivity index (χ2v) is 11.2. The van der Waals surface area contributed by atoms with Crippen LogP contribution in [-0.2, 0) is 14.3 Å². The number of ether oxygens (including phenoxy) is 1. The average Bonchev–Trinajstić information content (AvgIpc) is 2.81. The van der Waals surface area contributed by atoms with Crippen LogP contribution in [0.15, 0.2) is 42.5 Å². The number of anilines is 1. The summed E-state index contributed by atoms with van der Waals surface area (Å²) < 4.78 is 5.28. The van der Waals surface area contributed by atoms with Crippen molar-refractivity contribution in [3.05, 3.63) is 59.2 Å². The Labute approximate surface area is 226 Å². The SMILES string of the molecule is Cc1cccc(C)c1NC(=O)C(c1ccccc1O)N(C(=O)CNC(=O)OC(C)(C)C)C(C)CCC(C)C. The van der Waals surface area contributed by atoms with Crippen molar-refractivity contribution in [1.82, 2.24) is 10.2 Å². The first-order valence-electron chi connectivity index (χ1n) is 13.1. The molecule has 38 heavy (non-hydrogen) atoms. The van der Waals surface area contributed by atoms with Crippen LogP contribution in [0.5, 0.6) is 5.75 Å². The molecule has 0 radical (unpaired) electrons. The van der Waals surface area contributed by atoms with E-state index in [0.29, 0.717) is 23.6 Å². The molecule has 0 spiro atoms. The molecule has 3 amide bonds. The van der Waals surface area contributed by atoms with Crippen molar-refractivity contribution < 1.29 is 24.2 Å². The zero-order valence-corrected chi connectivity index (χ0v) is 23.9. The minimum Gasteiger partial charge on any atom is -0.508 e. The van der Waals surface area contributed by atoms with Gasteiger partial charge in [-0.15, -0.1) is 0 Å². The topological polar surface area (TPSA) is 108 Å². The number of hydrogen-bond acceptors (Lipinski definition) is 5. The number of hydrogen-bond donors (Lipinski definition) is 3. The van der Waals surface area contributed by atoms with Crippen molar-refractivity contribution in [3.8, 4) is 5.75 Å². The van der Waals surface area contributed by atoms with Gasteiger partial charge in [-0.3, -0.25) is 9.59 Å². The Hall–Kier alpha value is -3.55. The molecule has 2 unspecified atom stereocenters. The Balaban J connectivity index is 2.51. The molecule has 0 aromatic heterocycles. The van der Waals surface area contributed by atoms with E-state index in [4.69, 9.17) is 4.74 Å². The lowest BCUT2D eigenvalue weighted by Gasteiger charge is -2.37. The fourth-order valence-electron chi connectivity index (χ4n) is 4.25. The summed E-state index contributed by atoms with van der Waals surface area (Å²) in [5.41, 5.74) is 2.00. The first-order chi connectivity index (χ1) is 17.7. The van der Waals surface area contributed by atoms with Gasteiger partial charge in [0.25, 0.3) is 5.91 Å². The molecule has 2 rings (SSSR count). The van der Waals surface area contributed by atoms with E-state index in [1.165, 1.54) is 11.0 Å². The third-order valence-corrected chi connectivity index (χ3v) is 6.19. The summed E-state index contributed by atoms with van der Waals surface area (Å²) >= 11 is 0. The zero-order chi connectivity index (χ0) is 28.6. The molecule has 0 aliphatic rings. The maximum absolute atomic E-state index is 14.0. The standard InChI is InChI=1S/C30H43N3O5/c1-19(2)16-17-22(5)33(25(35)18-31-29(37)38-30(6,7)8)27(23-14-9-10-15-24(23)34)28(36)32-26-20(3)12-11-13-21(26)4/h9-15,19,22,27,34H,16-18H2,1-8H3,(H,31,37)(H,32,36). The normalized spacial score (nSPS) is 13.0. The lowest BCUT2D eigenvalue weighted by atomic mass is 9.97. The first kappa shape index (κ1) is 30.7. The lowest BCUT2D eigenvalue weighted by molar-refractivity contribution is -0.141. The number of phenolic OH excluding ortho intramolecular Hbond substituents is 1. The zero-order valence-electron chi connectivity index (χ0n) is 23.9. The van der Waals surface area contributed by atoms with E-state index in [1.54, 1.807) is 39.0 Å². The lowest BCUT2D eigenvalue weighted by Crippen LogP contribution is -2.50. The summed E-state index contributed by atoms with van der Waals surface area (Å²) in [6.45, 7) is 14.7. The largest absolute Gasteiger partial charge is 0.508 e. The second-order valence-electron chi connectivity index (χ2n) is 11.2. The molecular weight excluding hydrogens is 482 g/mol. The predicted molar refractivity (Wildman–Crippen MR) is 150 cm³/mol. The van der Waals surface area contributed by atoms with Crippen LogP contribution >= 0.6 is 0 Å². The average molecular weight is 526 g/mol. The van der Waals surface area contributed by atoms with Crippen molar-refractivity contribution in [2.24, 2.45) is 5.92 Å². The van der Waals surface area contributed by atoms with Crippen LogP contribution in [0.1, 0.15) is 77.1 Å². The molecule has 0 heterocycles. The number of benzene rings is 2. The summed E-state index contributed by atoms with van der Waals surface area (Å²) in [6.07, 6.45) is 0.743. The van der Waals surface area contributed by atoms with E-state index in [0.717, 1.165) is 17.5 Å². The first-order valence-corrected chi connectivity index (χ1v) is 13.1. The Bertz CT molecular complexity index is 1100. The van der Waals surface area contributed by atoms with E-state index in [-0.39, 0.29) is 18.3 Å². The Morgan fingerprint density at radius 1 is 0.947 bits per heavy atom. The molecule has 2 aromatic rings. The van der Waals surface area contributed by atoms with E-state index in [1.807, 2.05) is 39.0 Å². The highest BCUT2D eigenvalue weighted by molar-refractivity contribution is 5.99. The minimum absolute atomic E-state index is 0.0943. The van der Waals surface area contributed by atoms with Crippen LogP contribution < -0.4 is 10.6 Å². The molecule has 2 atom stereocenters. The van der Waals surface area contributed by atoms with Gasteiger partial charge in [-0.25, -0.2) is 4.79 Å². The molecular formula is C30H43N3O5. The fourth-order valence-corrected chi connectivity index (χ4v) is 4.25. The number of carbonyl (C=O) groups is 3. The highest BCUT2D eigenvalue weighted by atomic mass is 16.6. The molecule has 0 fully saturated rings. The van der Waals surface area contributed by atoms with Crippen molar-refractivity contribution >= 4 is 23.6 Å². The van der Waals surface area contributed by atoms with Crippen LogP contribution in [-0.4, -0.2) is 46.1 Å². The van der Waals surface area contributed by atoms with Gasteiger partial charge in [0.15, 0.2) is 0 Å². The number of amides is 3. The summed E-state index contributed by atoms with van der Waals surface area (Å²) in [5.74, 6) is -0.618. The molecule has 0 aliphatic carbocycles. The number of aromatic hydroxyl groups is 1. The van der Waals surface area contributed by atoms with Crippen LogP contribution in [0, 0.1) is 19.8 Å². The maximum Gasteiger partial charge on any atom is 0.408 e. The molecule has 0 aliphatic heterocycles. The van der Waals surface area contributed by atoms with Gasteiger partial charge in [-0.2, -0.15) is 0 Å². The Morgan fingerprint density at radius 2 is 1.55 bits per heavy atom. The molecule has 208 valence electrons. The summed E-state index contributed by atoms with van der Waals surface area (Å²) in [5, 5.41) is 16.3. The second kappa shape index (κ2) is 13.3. The van der Waals surface area contributed by atoms with E-state index < -0.39 is 29.6 Å². The van der Waals surface area contributed by atoms with Crippen LogP contribution in [0.25, 0.3) is 0 Å². The summed E-state index contributed by atoms with van der Waals surface area (Å²) in [6, 6.07) is 10.7. The smallest absolute Gasteiger partial charge is 0.408 e. The number of phenols is 1. The third-order valence-electron chi connectivity index (χ3n) is 6.19. The quantitative estimate of drug-likeness (QED) is 0.360. The molecule has 0 saturated heterocycles. The molecule has 8 heteroatoms. The van der Waals surface area contributed by atoms with Crippen molar-refractivity contribution in [3.63, 3.8) is 0 Å². The number of alkyl carbamates (subject to hydrolysis) is 1. The molecule has 8 nitrogen and oxygen atoms in total. The molecule has 0 bridgehead atoms. The predicted octanol–water partition coefficient (Wildman–Crippen LogP) is 5.87. The van der Waals surface area contributed by atoms with Gasteiger partial charge in [-0.05, 0) is 77.5 Å². The minimum atomic E-state index is -1.13. The number of aryl methyl sites for hydroxylation is 2. The Morgan fingerprint density at radius 3 is 2.11 bits per heavy atom. The van der Waals surface area contributed by atoms with Crippen molar-refractivity contribution in [2.75, 3.05) is 11.9 Å². The van der Waals surface area contributed by atoms with Gasteiger partial charge in [0, 0.05) is 17.3 Å². The number of rotatable bonds is 10. The Kier molecular flexibility index (Phi) is 10.7. The monoisotopic (exact) mass is 525 g/mol. The highest BCUT2D eigenvalue weighted by Crippen LogP contribution is 2.33. The van der Waals surface area contributed by atoms with E-state index >= 15 is 0 Å². The third kappa shape index (κ3) is 8.78. The van der Waals surface area contributed by atoms with Gasteiger partial charge in [-0.1, -0.05) is 50.2 Å². The number of nitrogens with zero attached hydrogens (tertiary/aromatic N) is 1. The molecule has 3 N–H and O–H groups in total. The van der Waals surface area contributed by atoms with Gasteiger partial charge >= 0.3 is 6.09 Å². The van der Waals surface area contributed by atoms with Crippen LogP contribution in [0.2, 0.25) is 0 Å². The van der Waals surface area contributed by atoms with Gasteiger partial charge in [0.1, 0.15) is 23.9 Å². The van der Waals surface area contributed by atoms with Gasteiger partial charge in [0.2, 0.25) is 5.91 Å². The van der Waals surface area contributed by atoms with Gasteiger partial charge in [0.05, 0.1) is 0 Å². The van der Waals surface area contributed by atoms with E-state index in [2.05, 4.69) is 24.5 Å². The number of para-hydroxylation sites is 2. The number of carbonyl (C=O) groups excluding carboxylic acids is 3. The molecule has 2 aromatic carbocycles. The molecule has 0 saturated carbocycles. The summed E-state index contributed by atoms with van der Waals surface area (Å²) in [7, 11) is 0. The van der Waals surface area contributed by atoms with Crippen molar-refractivity contribution in [1.29, 1.82) is 0 Å². The van der Waals surface area contributed by atoms with Crippen molar-refractivity contribution in [2.45, 2.75) is 85.9 Å². The fraction of sp³-hybridized carbons (Fsp3) is 0.500. The number of nitrogens with one attached hydrogen (secondary N) is 2. The summed E-state index contributed by atoms with van der Waals surface area (Å²) in [4.78, 5) is 41.4. The highest BCUT2D eigenvalue weighted by Gasteiger charge is 2.36.